The predicted molar refractivity (Wildman–Crippen MR) is 142 cm³/mol. The van der Waals surface area contributed by atoms with E-state index in [0.717, 1.165) is 70.5 Å². The van der Waals surface area contributed by atoms with Crippen molar-refractivity contribution < 1.29 is 9.53 Å². The van der Waals surface area contributed by atoms with Gasteiger partial charge in [0.05, 0.1) is 31.1 Å². The number of ether oxygens (including phenoxy) is 1. The Balaban J connectivity index is 1.37. The average Bonchev–Trinajstić information content (AvgIpc) is 3.29. The van der Waals surface area contributed by atoms with Crippen molar-refractivity contribution in [2.75, 3.05) is 38.2 Å². The van der Waals surface area contributed by atoms with E-state index in [1.165, 1.54) is 5.56 Å². The van der Waals surface area contributed by atoms with Crippen LogP contribution in [-0.2, 0) is 27.9 Å². The summed E-state index contributed by atoms with van der Waals surface area (Å²) >= 11 is 12.6. The number of benzene rings is 1. The summed E-state index contributed by atoms with van der Waals surface area (Å²) in [6.07, 6.45) is 8.05. The molecule has 192 valence electrons. The predicted octanol–water partition coefficient (Wildman–Crippen LogP) is 4.51. The summed E-state index contributed by atoms with van der Waals surface area (Å²) in [7, 11) is 0. The second-order valence-corrected chi connectivity index (χ2v) is 11.2. The number of nitrogens with one attached hydrogen (secondary N) is 2. The van der Waals surface area contributed by atoms with E-state index in [4.69, 9.17) is 27.9 Å². The summed E-state index contributed by atoms with van der Waals surface area (Å²) in [6.45, 7) is 10.8. The highest BCUT2D eigenvalue weighted by molar-refractivity contribution is 6.35. The normalized spacial score (nSPS) is 19.9. The first kappa shape index (κ1) is 26.4. The molecule has 0 bridgehead atoms. The lowest BCUT2D eigenvalue weighted by Crippen LogP contribution is -2.47. The highest BCUT2D eigenvalue weighted by atomic mass is 35.5. The van der Waals surface area contributed by atoms with E-state index in [2.05, 4.69) is 45.9 Å². The lowest BCUT2D eigenvalue weighted by atomic mass is 9.87. The van der Waals surface area contributed by atoms with Crippen molar-refractivity contribution in [3.8, 4) is 0 Å². The maximum absolute atomic E-state index is 13.2. The van der Waals surface area contributed by atoms with Crippen molar-refractivity contribution >= 4 is 34.9 Å². The van der Waals surface area contributed by atoms with Crippen molar-refractivity contribution in [1.82, 2.24) is 19.8 Å². The Hall–Kier alpha value is -1.64. The van der Waals surface area contributed by atoms with Crippen molar-refractivity contribution in [2.45, 2.75) is 70.5 Å². The number of carbonyl (C=O) groups excluding carboxylic acids is 1. The van der Waals surface area contributed by atoms with Gasteiger partial charge < -0.3 is 19.9 Å². The Kier molecular flexibility index (Phi) is 8.76. The van der Waals surface area contributed by atoms with E-state index in [-0.39, 0.29) is 23.5 Å². The summed E-state index contributed by atoms with van der Waals surface area (Å²) in [4.78, 5) is 20.1. The van der Waals surface area contributed by atoms with Gasteiger partial charge in [-0.05, 0) is 62.8 Å². The minimum absolute atomic E-state index is 0.0453. The Morgan fingerprint density at radius 1 is 1.29 bits per heavy atom. The van der Waals surface area contributed by atoms with E-state index in [9.17, 15) is 4.79 Å². The van der Waals surface area contributed by atoms with Gasteiger partial charge in [0, 0.05) is 41.9 Å². The number of aromatic nitrogens is 2. The SMILES string of the molecule is CCCC(NC1CCc2cc(Cl)cc(Cl)c2C1)C(=O)Nc1cn(C(C)(C)CN2CCOCC2)cn1. The van der Waals surface area contributed by atoms with Gasteiger partial charge in [0.2, 0.25) is 5.91 Å². The van der Waals surface area contributed by atoms with Crippen molar-refractivity contribution in [3.63, 3.8) is 0 Å². The molecule has 2 atom stereocenters. The van der Waals surface area contributed by atoms with Gasteiger partial charge in [0.15, 0.2) is 5.82 Å². The molecule has 4 rings (SSSR count). The lowest BCUT2D eigenvalue weighted by Gasteiger charge is -2.35. The zero-order valence-corrected chi connectivity index (χ0v) is 22.5. The Morgan fingerprint density at radius 3 is 2.80 bits per heavy atom. The summed E-state index contributed by atoms with van der Waals surface area (Å²) < 4.78 is 7.55. The minimum atomic E-state index is -0.288. The topological polar surface area (TPSA) is 71.4 Å². The molecule has 1 aliphatic carbocycles. The standard InChI is InChI=1S/C26H37Cl2N5O2/c1-4-5-23(30-20-7-6-18-12-19(27)13-22(28)21(18)14-20)25(34)31-24-15-33(17-29-24)26(2,3)16-32-8-10-35-11-9-32/h12-13,15,17,20,23,30H,4-11,14,16H2,1-3H3,(H,31,34). The molecular formula is C26H37Cl2N5O2. The van der Waals surface area contributed by atoms with E-state index in [0.29, 0.717) is 15.9 Å². The number of amides is 1. The third-order valence-corrected chi connectivity index (χ3v) is 7.60. The van der Waals surface area contributed by atoms with Gasteiger partial charge in [0.25, 0.3) is 0 Å². The number of imidazole rings is 1. The maximum atomic E-state index is 13.2. The van der Waals surface area contributed by atoms with Gasteiger partial charge in [-0.25, -0.2) is 4.98 Å². The van der Waals surface area contributed by atoms with Gasteiger partial charge in [-0.2, -0.15) is 0 Å². The van der Waals surface area contributed by atoms with Crippen LogP contribution in [0.4, 0.5) is 5.82 Å². The van der Waals surface area contributed by atoms with Crippen LogP contribution < -0.4 is 10.6 Å². The molecule has 35 heavy (non-hydrogen) atoms. The number of fused-ring (bicyclic) bond motifs is 1. The minimum Gasteiger partial charge on any atom is -0.379 e. The van der Waals surface area contributed by atoms with Crippen molar-refractivity contribution in [1.29, 1.82) is 0 Å². The molecular weight excluding hydrogens is 485 g/mol. The first-order valence-corrected chi connectivity index (χ1v) is 13.4. The number of morpholine rings is 1. The molecule has 2 unspecified atom stereocenters. The second kappa shape index (κ2) is 11.6. The zero-order chi connectivity index (χ0) is 25.0. The lowest BCUT2D eigenvalue weighted by molar-refractivity contribution is -0.118. The summed E-state index contributed by atoms with van der Waals surface area (Å²) in [6, 6.07) is 3.71. The van der Waals surface area contributed by atoms with Crippen molar-refractivity contribution in [3.05, 3.63) is 45.8 Å². The molecule has 2 heterocycles. The fourth-order valence-corrected chi connectivity index (χ4v) is 5.72. The molecule has 1 aromatic carbocycles. The Morgan fingerprint density at radius 2 is 2.06 bits per heavy atom. The fourth-order valence-electron chi connectivity index (χ4n) is 5.11. The van der Waals surface area contributed by atoms with Crippen molar-refractivity contribution in [2.24, 2.45) is 0 Å². The molecule has 0 saturated carbocycles. The van der Waals surface area contributed by atoms with E-state index >= 15 is 0 Å². The molecule has 1 aliphatic heterocycles. The molecule has 1 aromatic heterocycles. The molecule has 1 fully saturated rings. The van der Waals surface area contributed by atoms with Gasteiger partial charge >= 0.3 is 0 Å². The largest absolute Gasteiger partial charge is 0.379 e. The van der Waals surface area contributed by atoms with Crippen LogP contribution >= 0.6 is 23.2 Å². The van der Waals surface area contributed by atoms with Crippen LogP contribution in [0.3, 0.4) is 0 Å². The smallest absolute Gasteiger partial charge is 0.242 e. The Labute approximate surface area is 218 Å². The Bertz CT molecular complexity index is 1020. The number of nitrogens with zero attached hydrogens (tertiary/aromatic N) is 3. The zero-order valence-electron chi connectivity index (χ0n) is 20.9. The van der Waals surface area contributed by atoms with E-state index in [1.54, 1.807) is 6.07 Å². The molecule has 2 aliphatic rings. The van der Waals surface area contributed by atoms with Crippen LogP contribution in [0.15, 0.2) is 24.7 Å². The van der Waals surface area contributed by atoms with Crippen LogP contribution in [0.5, 0.6) is 0 Å². The maximum Gasteiger partial charge on any atom is 0.242 e. The average molecular weight is 523 g/mol. The first-order valence-electron chi connectivity index (χ1n) is 12.6. The number of hydrogen-bond donors (Lipinski definition) is 2. The van der Waals surface area contributed by atoms with Gasteiger partial charge in [-0.3, -0.25) is 9.69 Å². The third-order valence-electron chi connectivity index (χ3n) is 7.04. The van der Waals surface area contributed by atoms with Crippen LogP contribution in [0.25, 0.3) is 0 Å². The fraction of sp³-hybridized carbons (Fsp3) is 0.615. The van der Waals surface area contributed by atoms with Crippen LogP contribution in [0, 0.1) is 0 Å². The summed E-state index contributed by atoms with van der Waals surface area (Å²) in [5, 5.41) is 8.02. The van der Waals surface area contributed by atoms with Gasteiger partial charge in [-0.15, -0.1) is 0 Å². The van der Waals surface area contributed by atoms with Crippen LogP contribution in [-0.4, -0.2) is 65.3 Å². The molecule has 1 amide bonds. The number of halogens is 2. The van der Waals surface area contributed by atoms with Gasteiger partial charge in [0.1, 0.15) is 0 Å². The summed E-state index contributed by atoms with van der Waals surface area (Å²) in [5.41, 5.74) is 2.20. The third kappa shape index (κ3) is 6.77. The second-order valence-electron chi connectivity index (χ2n) is 10.3. The molecule has 7 nitrogen and oxygen atoms in total. The number of hydrogen-bond acceptors (Lipinski definition) is 5. The number of rotatable bonds is 9. The molecule has 1 saturated heterocycles. The van der Waals surface area contributed by atoms with Crippen LogP contribution in [0.1, 0.15) is 51.2 Å². The molecule has 2 aromatic rings. The molecule has 0 radical (unpaired) electrons. The molecule has 2 N–H and O–H groups in total. The van der Waals surface area contributed by atoms with Gasteiger partial charge in [-0.1, -0.05) is 36.5 Å². The molecule has 9 heteroatoms. The highest BCUT2D eigenvalue weighted by Gasteiger charge is 2.28. The van der Waals surface area contributed by atoms with E-state index in [1.807, 2.05) is 18.6 Å². The highest BCUT2D eigenvalue weighted by Crippen LogP contribution is 2.31. The number of aryl methyl sites for hydroxylation is 1. The number of anilines is 1. The number of carbonyl (C=O) groups is 1. The van der Waals surface area contributed by atoms with E-state index < -0.39 is 0 Å². The molecule has 0 spiro atoms. The van der Waals surface area contributed by atoms with Crippen LogP contribution in [0.2, 0.25) is 10.0 Å². The quantitative estimate of drug-likeness (QED) is 0.507. The summed E-state index contributed by atoms with van der Waals surface area (Å²) in [5.74, 6) is 0.538. The first-order chi connectivity index (χ1) is 16.7. The monoisotopic (exact) mass is 521 g/mol.